The van der Waals surface area contributed by atoms with Gasteiger partial charge in [-0.2, -0.15) is 0 Å². The summed E-state index contributed by atoms with van der Waals surface area (Å²) >= 11 is 0. The fourth-order valence-electron chi connectivity index (χ4n) is 4.60. The van der Waals surface area contributed by atoms with E-state index in [9.17, 15) is 0 Å². The molecule has 0 saturated carbocycles. The van der Waals surface area contributed by atoms with Gasteiger partial charge in [-0.15, -0.1) is 0 Å². The second kappa shape index (κ2) is 8.09. The number of aromatic amines is 1. The van der Waals surface area contributed by atoms with Crippen molar-refractivity contribution >= 4 is 10.9 Å². The molecule has 2 aliphatic heterocycles. The Kier molecular flexibility index (Phi) is 5.60. The van der Waals surface area contributed by atoms with Crippen LogP contribution in [0.25, 0.3) is 10.9 Å². The maximum absolute atomic E-state index is 5.53. The fraction of sp³-hybridized carbons (Fsp3) is 0.619. The molecule has 1 aromatic carbocycles. The third-order valence-corrected chi connectivity index (χ3v) is 6.17. The van der Waals surface area contributed by atoms with E-state index in [4.69, 9.17) is 4.74 Å². The molecule has 5 heteroatoms. The number of ether oxygens (including phenoxy) is 1. The van der Waals surface area contributed by atoms with Gasteiger partial charge < -0.3 is 19.9 Å². The van der Waals surface area contributed by atoms with E-state index < -0.39 is 0 Å². The molecule has 2 aliphatic rings. The largest absolute Gasteiger partial charge is 0.383 e. The minimum absolute atomic E-state index is 0.252. The van der Waals surface area contributed by atoms with Gasteiger partial charge in [0.1, 0.15) is 0 Å². The minimum Gasteiger partial charge on any atom is -0.383 e. The van der Waals surface area contributed by atoms with Crippen molar-refractivity contribution in [3.63, 3.8) is 0 Å². The first kappa shape index (κ1) is 18.0. The molecular weight excluding hydrogens is 324 g/mol. The lowest BCUT2D eigenvalue weighted by Gasteiger charge is -2.35. The first-order valence-corrected chi connectivity index (χ1v) is 9.97. The number of benzene rings is 1. The van der Waals surface area contributed by atoms with Crippen molar-refractivity contribution in [3.05, 3.63) is 36.0 Å². The number of H-pyrrole nitrogens is 1. The summed E-state index contributed by atoms with van der Waals surface area (Å²) in [6, 6.07) is 10.4. The molecule has 142 valence electrons. The number of hydrogen-bond donors (Lipinski definition) is 2. The third-order valence-electron chi connectivity index (χ3n) is 6.17. The molecule has 0 bridgehead atoms. The third kappa shape index (κ3) is 3.96. The van der Waals surface area contributed by atoms with E-state index in [0.717, 1.165) is 6.04 Å². The molecule has 2 fully saturated rings. The normalized spacial score (nSPS) is 24.5. The first-order chi connectivity index (χ1) is 12.7. The van der Waals surface area contributed by atoms with Crippen molar-refractivity contribution in [1.82, 2.24) is 20.1 Å². The second-order valence-corrected chi connectivity index (χ2v) is 8.01. The SMILES string of the molecule is COCC(NC1CCN(C2CCN(C)CC2)C1)c1ccc2[nH]ccc2c1. The van der Waals surface area contributed by atoms with E-state index in [1.165, 1.54) is 61.9 Å². The molecule has 1 aromatic heterocycles. The number of rotatable bonds is 6. The lowest BCUT2D eigenvalue weighted by Crippen LogP contribution is -2.44. The van der Waals surface area contributed by atoms with E-state index in [1.807, 2.05) is 6.20 Å². The van der Waals surface area contributed by atoms with Crippen molar-refractivity contribution in [3.8, 4) is 0 Å². The summed E-state index contributed by atoms with van der Waals surface area (Å²) in [6.45, 7) is 5.58. The number of likely N-dealkylation sites (tertiary alicyclic amines) is 2. The van der Waals surface area contributed by atoms with Crippen LogP contribution in [0, 0.1) is 0 Å². The highest BCUT2D eigenvalue weighted by molar-refractivity contribution is 5.80. The van der Waals surface area contributed by atoms with E-state index in [-0.39, 0.29) is 6.04 Å². The van der Waals surface area contributed by atoms with Crippen LogP contribution in [-0.4, -0.2) is 73.8 Å². The predicted molar refractivity (Wildman–Crippen MR) is 107 cm³/mol. The van der Waals surface area contributed by atoms with Crippen molar-refractivity contribution in [1.29, 1.82) is 0 Å². The van der Waals surface area contributed by atoms with Crippen molar-refractivity contribution < 1.29 is 4.74 Å². The van der Waals surface area contributed by atoms with Gasteiger partial charge in [-0.25, -0.2) is 0 Å². The minimum atomic E-state index is 0.252. The molecule has 2 aromatic rings. The van der Waals surface area contributed by atoms with E-state index in [0.29, 0.717) is 12.6 Å². The second-order valence-electron chi connectivity index (χ2n) is 8.01. The highest BCUT2D eigenvalue weighted by Gasteiger charge is 2.31. The lowest BCUT2D eigenvalue weighted by atomic mass is 10.0. The standard InChI is InChI=1S/C21H32N4O/c1-24-10-7-19(8-11-24)25-12-6-18(14-25)23-21(15-26-2)16-3-4-20-17(13-16)5-9-22-20/h3-5,9,13,18-19,21-23H,6-8,10-12,14-15H2,1-2H3. The van der Waals surface area contributed by atoms with Crippen LogP contribution >= 0.6 is 0 Å². The maximum atomic E-state index is 5.53. The van der Waals surface area contributed by atoms with Gasteiger partial charge in [0.25, 0.3) is 0 Å². The zero-order valence-corrected chi connectivity index (χ0v) is 16.1. The maximum Gasteiger partial charge on any atom is 0.0657 e. The molecule has 4 rings (SSSR count). The van der Waals surface area contributed by atoms with Crippen molar-refractivity contribution in [2.24, 2.45) is 0 Å². The molecule has 2 atom stereocenters. The summed E-state index contributed by atoms with van der Waals surface area (Å²) in [4.78, 5) is 8.44. The number of hydrogen-bond acceptors (Lipinski definition) is 4. The summed E-state index contributed by atoms with van der Waals surface area (Å²) in [5, 5.41) is 5.15. The highest BCUT2D eigenvalue weighted by atomic mass is 16.5. The van der Waals surface area contributed by atoms with Crippen LogP contribution in [0.3, 0.4) is 0 Å². The fourth-order valence-corrected chi connectivity index (χ4v) is 4.60. The van der Waals surface area contributed by atoms with Crippen molar-refractivity contribution in [2.45, 2.75) is 37.4 Å². The van der Waals surface area contributed by atoms with E-state index in [1.54, 1.807) is 7.11 Å². The van der Waals surface area contributed by atoms with Gasteiger partial charge in [-0.1, -0.05) is 6.07 Å². The number of nitrogens with zero attached hydrogens (tertiary/aromatic N) is 2. The lowest BCUT2D eigenvalue weighted by molar-refractivity contribution is 0.136. The Morgan fingerprint density at radius 2 is 2.04 bits per heavy atom. The first-order valence-electron chi connectivity index (χ1n) is 9.97. The Labute approximate surface area is 156 Å². The van der Waals surface area contributed by atoms with Crippen LogP contribution in [-0.2, 0) is 4.74 Å². The average Bonchev–Trinajstić information content (AvgIpc) is 3.30. The quantitative estimate of drug-likeness (QED) is 0.835. The molecule has 5 nitrogen and oxygen atoms in total. The number of nitrogens with one attached hydrogen (secondary N) is 2. The Bertz CT molecular complexity index is 707. The molecular formula is C21H32N4O. The Hall–Kier alpha value is -1.40. The number of methoxy groups -OCH3 is 1. The van der Waals surface area contributed by atoms with E-state index >= 15 is 0 Å². The molecule has 0 spiro atoms. The van der Waals surface area contributed by atoms with Crippen LogP contribution in [0.4, 0.5) is 0 Å². The predicted octanol–water partition coefficient (Wildman–Crippen LogP) is 2.61. The van der Waals surface area contributed by atoms with Gasteiger partial charge in [-0.05, 0) is 68.5 Å². The molecule has 0 radical (unpaired) electrons. The van der Waals surface area contributed by atoms with Gasteiger partial charge in [-0.3, -0.25) is 4.90 Å². The van der Waals surface area contributed by atoms with Crippen LogP contribution in [0.2, 0.25) is 0 Å². The average molecular weight is 357 g/mol. The topological polar surface area (TPSA) is 43.5 Å². The number of piperidine rings is 1. The van der Waals surface area contributed by atoms with Gasteiger partial charge in [0.2, 0.25) is 0 Å². The summed E-state index contributed by atoms with van der Waals surface area (Å²) in [5.74, 6) is 0. The smallest absolute Gasteiger partial charge is 0.0657 e. The molecule has 2 unspecified atom stereocenters. The Balaban J connectivity index is 1.39. The van der Waals surface area contributed by atoms with Gasteiger partial charge >= 0.3 is 0 Å². The van der Waals surface area contributed by atoms with E-state index in [2.05, 4.69) is 51.4 Å². The number of fused-ring (bicyclic) bond motifs is 1. The summed E-state index contributed by atoms with van der Waals surface area (Å²) in [5.41, 5.74) is 2.51. The van der Waals surface area contributed by atoms with Crippen LogP contribution in [0.5, 0.6) is 0 Å². The molecule has 0 aliphatic carbocycles. The van der Waals surface area contributed by atoms with Gasteiger partial charge in [0.15, 0.2) is 0 Å². The molecule has 26 heavy (non-hydrogen) atoms. The summed E-state index contributed by atoms with van der Waals surface area (Å²) in [7, 11) is 4.03. The molecule has 2 saturated heterocycles. The Morgan fingerprint density at radius 1 is 1.19 bits per heavy atom. The summed E-state index contributed by atoms with van der Waals surface area (Å²) < 4.78 is 5.53. The Morgan fingerprint density at radius 3 is 2.85 bits per heavy atom. The van der Waals surface area contributed by atoms with Gasteiger partial charge in [0, 0.05) is 44.0 Å². The van der Waals surface area contributed by atoms with Crippen LogP contribution < -0.4 is 5.32 Å². The van der Waals surface area contributed by atoms with Gasteiger partial charge in [0.05, 0.1) is 12.6 Å². The monoisotopic (exact) mass is 356 g/mol. The van der Waals surface area contributed by atoms with Crippen LogP contribution in [0.1, 0.15) is 30.9 Å². The summed E-state index contributed by atoms with van der Waals surface area (Å²) in [6.07, 6.45) is 5.87. The molecule has 3 heterocycles. The van der Waals surface area contributed by atoms with Crippen LogP contribution in [0.15, 0.2) is 30.5 Å². The molecule has 0 amide bonds. The highest BCUT2D eigenvalue weighted by Crippen LogP contribution is 2.24. The number of aromatic nitrogens is 1. The zero-order chi connectivity index (χ0) is 17.9. The molecule has 2 N–H and O–H groups in total. The van der Waals surface area contributed by atoms with Crippen molar-refractivity contribution in [2.75, 3.05) is 46.9 Å². The zero-order valence-electron chi connectivity index (χ0n) is 16.1.